The van der Waals surface area contributed by atoms with Crippen molar-refractivity contribution in [2.24, 2.45) is 0 Å². The minimum atomic E-state index is -0.479. The van der Waals surface area contributed by atoms with Gasteiger partial charge in [0.2, 0.25) is 0 Å². The smallest absolute Gasteiger partial charge is 0.331 e. The highest BCUT2D eigenvalue weighted by Gasteiger charge is 2.02. The first-order valence-corrected chi connectivity index (χ1v) is 10.3. The van der Waals surface area contributed by atoms with Crippen molar-refractivity contribution in [1.29, 1.82) is 0 Å². The maximum atomic E-state index is 11.9. The van der Waals surface area contributed by atoms with E-state index < -0.39 is 11.9 Å². The molecule has 0 heterocycles. The second-order valence-electron chi connectivity index (χ2n) is 7.30. The summed E-state index contributed by atoms with van der Waals surface area (Å²) in [6.07, 6.45) is 5.46. The van der Waals surface area contributed by atoms with Gasteiger partial charge in [0.25, 0.3) is 0 Å². The van der Waals surface area contributed by atoms with Gasteiger partial charge >= 0.3 is 11.9 Å². The van der Waals surface area contributed by atoms with Crippen molar-refractivity contribution in [1.82, 2.24) is 0 Å². The Hall–Kier alpha value is -4.18. The van der Waals surface area contributed by atoms with Crippen LogP contribution in [0.15, 0.2) is 109 Å². The predicted octanol–water partition coefficient (Wildman–Crippen LogP) is 5.89. The number of hydrogen-bond acceptors (Lipinski definition) is 4. The summed E-state index contributed by atoms with van der Waals surface area (Å²) in [5.74, 6) is -0.959. The summed E-state index contributed by atoms with van der Waals surface area (Å²) in [7, 11) is 0. The lowest BCUT2D eigenvalue weighted by Crippen LogP contribution is -2.01. The highest BCUT2D eigenvalue weighted by atomic mass is 16.5. The van der Waals surface area contributed by atoms with E-state index in [1.54, 1.807) is 0 Å². The molecule has 0 aliphatic heterocycles. The van der Waals surface area contributed by atoms with Gasteiger partial charge in [-0.05, 0) is 44.8 Å². The van der Waals surface area contributed by atoms with Gasteiger partial charge in [-0.1, -0.05) is 84.9 Å². The number of ether oxygens (including phenoxy) is 2. The average Bonchev–Trinajstić information content (AvgIpc) is 2.84. The van der Waals surface area contributed by atoms with E-state index in [4.69, 9.17) is 9.47 Å². The Morgan fingerprint density at radius 2 is 0.969 bits per heavy atom. The summed E-state index contributed by atoms with van der Waals surface area (Å²) in [6.45, 7) is 0.372. The Morgan fingerprint density at radius 3 is 1.41 bits per heavy atom. The van der Waals surface area contributed by atoms with Crippen LogP contribution in [0, 0.1) is 0 Å². The third-order valence-electron chi connectivity index (χ3n) is 4.97. The van der Waals surface area contributed by atoms with E-state index in [0.29, 0.717) is 0 Å². The molecule has 0 aliphatic carbocycles. The van der Waals surface area contributed by atoms with Gasteiger partial charge in [-0.3, -0.25) is 0 Å². The van der Waals surface area contributed by atoms with E-state index in [1.807, 2.05) is 84.9 Å². The number of hydrogen-bond donors (Lipinski definition) is 0. The van der Waals surface area contributed by atoms with Gasteiger partial charge in [0, 0.05) is 12.2 Å². The summed E-state index contributed by atoms with van der Waals surface area (Å²) in [5, 5.41) is 4.48. The molecule has 4 nitrogen and oxygen atoms in total. The van der Waals surface area contributed by atoms with E-state index in [2.05, 4.69) is 0 Å². The molecule has 0 radical (unpaired) electrons. The molecule has 0 amide bonds. The number of benzene rings is 4. The topological polar surface area (TPSA) is 52.6 Å². The second-order valence-corrected chi connectivity index (χ2v) is 7.30. The fraction of sp³-hybridized carbons (Fsp3) is 0.0714. The zero-order chi connectivity index (χ0) is 22.2. The van der Waals surface area contributed by atoms with Gasteiger partial charge in [0.05, 0.1) is 0 Å². The second kappa shape index (κ2) is 10.2. The van der Waals surface area contributed by atoms with Crippen LogP contribution in [-0.4, -0.2) is 11.9 Å². The number of fused-ring (bicyclic) bond motifs is 2. The molecule has 4 rings (SSSR count). The van der Waals surface area contributed by atoms with Crippen molar-refractivity contribution in [2.75, 3.05) is 0 Å². The van der Waals surface area contributed by atoms with Gasteiger partial charge < -0.3 is 9.47 Å². The lowest BCUT2D eigenvalue weighted by Gasteiger charge is -2.04. The summed E-state index contributed by atoms with van der Waals surface area (Å²) in [4.78, 5) is 23.8. The van der Waals surface area contributed by atoms with Crippen LogP contribution in [0.25, 0.3) is 21.5 Å². The van der Waals surface area contributed by atoms with Crippen LogP contribution in [0.4, 0.5) is 0 Å². The lowest BCUT2D eigenvalue weighted by molar-refractivity contribution is -0.140. The number of carbonyl (C=O) groups excluding carboxylic acids is 2. The molecule has 4 heteroatoms. The van der Waals surface area contributed by atoms with Crippen LogP contribution in [0.1, 0.15) is 11.1 Å². The molecule has 0 bridgehead atoms. The minimum absolute atomic E-state index is 0.186. The molecular weight excluding hydrogens is 400 g/mol. The molecule has 4 aromatic rings. The standard InChI is InChI=1S/C28H22O4/c29-27(31-19-21-13-15-23-7-1-3-9-25(23)17-21)11-5-6-12-28(30)32-20-22-14-16-24-8-2-4-10-26(24)18-22/h1-18H,19-20H2/b11-5+,12-6+. The van der Waals surface area contributed by atoms with Crippen molar-refractivity contribution < 1.29 is 19.1 Å². The molecule has 0 unspecified atom stereocenters. The number of rotatable bonds is 7. The van der Waals surface area contributed by atoms with Gasteiger partial charge in [0.15, 0.2) is 0 Å². The monoisotopic (exact) mass is 422 g/mol. The molecule has 158 valence electrons. The maximum absolute atomic E-state index is 11.9. The Balaban J connectivity index is 1.22. The Morgan fingerprint density at radius 1 is 0.562 bits per heavy atom. The zero-order valence-corrected chi connectivity index (χ0v) is 17.4. The minimum Gasteiger partial charge on any atom is -0.458 e. The van der Waals surface area contributed by atoms with Gasteiger partial charge in [-0.15, -0.1) is 0 Å². The molecule has 0 saturated heterocycles. The van der Waals surface area contributed by atoms with Crippen LogP contribution in [0.5, 0.6) is 0 Å². The SMILES string of the molecule is O=C(/C=C/C=C/C(=O)OCc1ccc2ccccc2c1)OCc1ccc2ccccc2c1. The molecule has 4 aromatic carbocycles. The summed E-state index contributed by atoms with van der Waals surface area (Å²) < 4.78 is 10.5. The molecule has 32 heavy (non-hydrogen) atoms. The highest BCUT2D eigenvalue weighted by Crippen LogP contribution is 2.17. The number of esters is 2. The van der Waals surface area contributed by atoms with Crippen molar-refractivity contribution in [3.05, 3.63) is 120 Å². The first-order chi connectivity index (χ1) is 15.7. The van der Waals surface area contributed by atoms with Gasteiger partial charge in [0.1, 0.15) is 13.2 Å². The molecular formula is C28H22O4. The Labute approximate surface area is 186 Å². The fourth-order valence-electron chi connectivity index (χ4n) is 3.33. The maximum Gasteiger partial charge on any atom is 0.331 e. The van der Waals surface area contributed by atoms with Crippen LogP contribution in [-0.2, 0) is 32.3 Å². The van der Waals surface area contributed by atoms with Gasteiger partial charge in [-0.25, -0.2) is 9.59 Å². The van der Waals surface area contributed by atoms with E-state index in [9.17, 15) is 9.59 Å². The van der Waals surface area contributed by atoms with Crippen molar-refractivity contribution in [3.8, 4) is 0 Å². The third-order valence-corrected chi connectivity index (χ3v) is 4.97. The summed E-state index contributed by atoms with van der Waals surface area (Å²) in [6, 6.07) is 27.9. The molecule has 0 aliphatic rings. The Kier molecular flexibility index (Phi) is 6.73. The van der Waals surface area contributed by atoms with Crippen molar-refractivity contribution in [3.63, 3.8) is 0 Å². The lowest BCUT2D eigenvalue weighted by atomic mass is 10.1. The van der Waals surface area contributed by atoms with E-state index in [1.165, 1.54) is 24.3 Å². The van der Waals surface area contributed by atoms with Crippen LogP contribution < -0.4 is 0 Å². The summed E-state index contributed by atoms with van der Waals surface area (Å²) >= 11 is 0. The van der Waals surface area contributed by atoms with Crippen molar-refractivity contribution >= 4 is 33.5 Å². The first kappa shape index (κ1) is 21.1. The highest BCUT2D eigenvalue weighted by molar-refractivity contribution is 5.85. The normalized spacial score (nSPS) is 11.4. The molecule has 0 fully saturated rings. The molecule has 0 aromatic heterocycles. The van der Waals surface area contributed by atoms with E-state index in [-0.39, 0.29) is 13.2 Å². The zero-order valence-electron chi connectivity index (χ0n) is 17.4. The number of allylic oxidation sites excluding steroid dienone is 2. The van der Waals surface area contributed by atoms with Crippen LogP contribution in [0.2, 0.25) is 0 Å². The molecule has 0 saturated carbocycles. The number of carbonyl (C=O) groups is 2. The molecule has 0 atom stereocenters. The third kappa shape index (κ3) is 5.70. The molecule has 0 N–H and O–H groups in total. The first-order valence-electron chi connectivity index (χ1n) is 10.3. The van der Waals surface area contributed by atoms with E-state index in [0.717, 1.165) is 32.7 Å². The fourth-order valence-corrected chi connectivity index (χ4v) is 3.33. The largest absolute Gasteiger partial charge is 0.458 e. The quantitative estimate of drug-likeness (QED) is 0.212. The Bertz CT molecular complexity index is 1210. The van der Waals surface area contributed by atoms with E-state index >= 15 is 0 Å². The van der Waals surface area contributed by atoms with Gasteiger partial charge in [-0.2, -0.15) is 0 Å². The predicted molar refractivity (Wildman–Crippen MR) is 126 cm³/mol. The van der Waals surface area contributed by atoms with Crippen LogP contribution in [0.3, 0.4) is 0 Å². The van der Waals surface area contributed by atoms with Crippen molar-refractivity contribution in [2.45, 2.75) is 13.2 Å². The van der Waals surface area contributed by atoms with Crippen LogP contribution >= 0.6 is 0 Å². The summed E-state index contributed by atoms with van der Waals surface area (Å²) in [5.41, 5.74) is 1.83. The average molecular weight is 422 g/mol. The molecule has 0 spiro atoms.